The zero-order valence-electron chi connectivity index (χ0n) is 10.8. The number of hydrogen-bond acceptors (Lipinski definition) is 4. The van der Waals surface area contributed by atoms with Crippen LogP contribution in [0.3, 0.4) is 0 Å². The zero-order valence-corrected chi connectivity index (χ0v) is 10.8. The van der Waals surface area contributed by atoms with E-state index in [0.717, 1.165) is 43.5 Å². The Morgan fingerprint density at radius 1 is 1.41 bits per heavy atom. The van der Waals surface area contributed by atoms with E-state index in [2.05, 4.69) is 27.1 Å². The molecule has 1 N–H and O–H groups in total. The maximum Gasteiger partial charge on any atom is 0.147 e. The number of rotatable bonds is 7. The van der Waals surface area contributed by atoms with Crippen LogP contribution in [-0.2, 0) is 6.54 Å². The Morgan fingerprint density at radius 3 is 2.88 bits per heavy atom. The molecule has 1 aliphatic carbocycles. The monoisotopic (exact) mass is 234 g/mol. The zero-order chi connectivity index (χ0) is 12.1. The average Bonchev–Trinajstić information content (AvgIpc) is 3.13. The number of nitrogens with one attached hydrogen (secondary N) is 1. The first kappa shape index (κ1) is 12.3. The van der Waals surface area contributed by atoms with Crippen LogP contribution in [0.1, 0.15) is 31.9 Å². The highest BCUT2D eigenvalue weighted by molar-refractivity contribution is 5.36. The summed E-state index contributed by atoms with van der Waals surface area (Å²) >= 11 is 0. The van der Waals surface area contributed by atoms with Gasteiger partial charge in [0.05, 0.1) is 11.9 Å². The van der Waals surface area contributed by atoms with Gasteiger partial charge in [0.15, 0.2) is 0 Å². The van der Waals surface area contributed by atoms with Gasteiger partial charge in [0, 0.05) is 25.8 Å². The van der Waals surface area contributed by atoms with E-state index in [1.807, 2.05) is 19.4 Å². The van der Waals surface area contributed by atoms with Gasteiger partial charge in [-0.15, -0.1) is 0 Å². The number of anilines is 1. The molecule has 1 fully saturated rings. The van der Waals surface area contributed by atoms with Crippen LogP contribution in [0.4, 0.5) is 5.82 Å². The summed E-state index contributed by atoms with van der Waals surface area (Å²) in [5.74, 6) is 1.92. The van der Waals surface area contributed by atoms with E-state index in [9.17, 15) is 0 Å². The van der Waals surface area contributed by atoms with Crippen molar-refractivity contribution in [2.24, 2.45) is 5.92 Å². The molecule has 94 valence electrons. The second-order valence-corrected chi connectivity index (χ2v) is 4.79. The van der Waals surface area contributed by atoms with Crippen molar-refractivity contribution in [3.05, 3.63) is 18.1 Å². The van der Waals surface area contributed by atoms with Crippen molar-refractivity contribution in [3.8, 4) is 0 Å². The summed E-state index contributed by atoms with van der Waals surface area (Å²) in [7, 11) is 1.93. The van der Waals surface area contributed by atoms with Crippen molar-refractivity contribution in [1.82, 2.24) is 15.3 Å². The van der Waals surface area contributed by atoms with E-state index in [1.54, 1.807) is 0 Å². The summed E-state index contributed by atoms with van der Waals surface area (Å²) in [5.41, 5.74) is 1.02. The van der Waals surface area contributed by atoms with Crippen molar-refractivity contribution < 1.29 is 0 Å². The van der Waals surface area contributed by atoms with E-state index >= 15 is 0 Å². The SMILES string of the molecule is CCCN(CC1CC1)c1cncc(CNC)n1. The van der Waals surface area contributed by atoms with Crippen LogP contribution < -0.4 is 10.2 Å². The molecule has 0 aliphatic heterocycles. The van der Waals surface area contributed by atoms with Gasteiger partial charge in [-0.3, -0.25) is 4.98 Å². The molecule has 0 aromatic carbocycles. The molecule has 0 atom stereocenters. The van der Waals surface area contributed by atoms with E-state index in [1.165, 1.54) is 12.8 Å². The van der Waals surface area contributed by atoms with Gasteiger partial charge in [0.1, 0.15) is 5.82 Å². The van der Waals surface area contributed by atoms with E-state index < -0.39 is 0 Å². The van der Waals surface area contributed by atoms with Crippen molar-refractivity contribution in [2.45, 2.75) is 32.7 Å². The molecule has 0 bridgehead atoms. The van der Waals surface area contributed by atoms with E-state index in [4.69, 9.17) is 0 Å². The summed E-state index contributed by atoms with van der Waals surface area (Å²) in [4.78, 5) is 11.3. The van der Waals surface area contributed by atoms with Gasteiger partial charge < -0.3 is 10.2 Å². The molecule has 1 saturated carbocycles. The molecule has 0 saturated heterocycles. The lowest BCUT2D eigenvalue weighted by atomic mass is 10.3. The first-order chi connectivity index (χ1) is 8.33. The molecule has 1 aliphatic rings. The van der Waals surface area contributed by atoms with Crippen molar-refractivity contribution in [2.75, 3.05) is 25.0 Å². The summed E-state index contributed by atoms with van der Waals surface area (Å²) in [6, 6.07) is 0. The molecule has 1 aromatic heterocycles. The van der Waals surface area contributed by atoms with Crippen LogP contribution >= 0.6 is 0 Å². The summed E-state index contributed by atoms with van der Waals surface area (Å²) in [5, 5.41) is 3.11. The van der Waals surface area contributed by atoms with Gasteiger partial charge >= 0.3 is 0 Å². The summed E-state index contributed by atoms with van der Waals surface area (Å²) in [6.45, 7) is 5.22. The van der Waals surface area contributed by atoms with Crippen LogP contribution in [-0.4, -0.2) is 30.1 Å². The van der Waals surface area contributed by atoms with Crippen LogP contribution in [0.25, 0.3) is 0 Å². The van der Waals surface area contributed by atoms with Gasteiger partial charge in [0.25, 0.3) is 0 Å². The number of hydrogen-bond donors (Lipinski definition) is 1. The lowest BCUT2D eigenvalue weighted by Gasteiger charge is -2.23. The maximum atomic E-state index is 4.66. The highest BCUT2D eigenvalue weighted by Crippen LogP contribution is 2.30. The molecule has 2 rings (SSSR count). The molecule has 4 nitrogen and oxygen atoms in total. The van der Waals surface area contributed by atoms with Crippen molar-refractivity contribution >= 4 is 5.82 Å². The predicted molar refractivity (Wildman–Crippen MR) is 70.0 cm³/mol. The lowest BCUT2D eigenvalue weighted by Crippen LogP contribution is -2.28. The fourth-order valence-electron chi connectivity index (χ4n) is 1.99. The second kappa shape index (κ2) is 5.96. The third kappa shape index (κ3) is 3.66. The third-order valence-electron chi connectivity index (χ3n) is 3.02. The van der Waals surface area contributed by atoms with E-state index in [-0.39, 0.29) is 0 Å². The Morgan fingerprint density at radius 2 is 2.24 bits per heavy atom. The molecular formula is C13H22N4. The Hall–Kier alpha value is -1.16. The predicted octanol–water partition coefficient (Wildman–Crippen LogP) is 1.82. The third-order valence-corrected chi connectivity index (χ3v) is 3.02. The molecule has 0 spiro atoms. The molecule has 17 heavy (non-hydrogen) atoms. The topological polar surface area (TPSA) is 41.1 Å². The summed E-state index contributed by atoms with van der Waals surface area (Å²) < 4.78 is 0. The molecule has 4 heteroatoms. The Bertz CT molecular complexity index is 349. The molecule has 1 heterocycles. The van der Waals surface area contributed by atoms with Crippen LogP contribution in [0.2, 0.25) is 0 Å². The molecule has 1 aromatic rings. The first-order valence-electron chi connectivity index (χ1n) is 6.54. The lowest BCUT2D eigenvalue weighted by molar-refractivity contribution is 0.690. The average molecular weight is 234 g/mol. The summed E-state index contributed by atoms with van der Waals surface area (Å²) in [6.07, 6.45) is 7.64. The van der Waals surface area contributed by atoms with Crippen LogP contribution in [0.15, 0.2) is 12.4 Å². The number of nitrogens with zero attached hydrogens (tertiary/aromatic N) is 3. The molecular weight excluding hydrogens is 212 g/mol. The fraction of sp³-hybridized carbons (Fsp3) is 0.692. The van der Waals surface area contributed by atoms with Gasteiger partial charge in [-0.25, -0.2) is 4.98 Å². The minimum Gasteiger partial charge on any atom is -0.355 e. The van der Waals surface area contributed by atoms with Crippen molar-refractivity contribution in [3.63, 3.8) is 0 Å². The largest absolute Gasteiger partial charge is 0.355 e. The Labute approximate surface area is 103 Å². The minimum absolute atomic E-state index is 0.782. The number of aromatic nitrogens is 2. The highest BCUT2D eigenvalue weighted by Gasteiger charge is 2.24. The highest BCUT2D eigenvalue weighted by atomic mass is 15.2. The van der Waals surface area contributed by atoms with Crippen LogP contribution in [0.5, 0.6) is 0 Å². The maximum absolute atomic E-state index is 4.66. The van der Waals surface area contributed by atoms with Gasteiger partial charge in [0.2, 0.25) is 0 Å². The van der Waals surface area contributed by atoms with Crippen molar-refractivity contribution in [1.29, 1.82) is 0 Å². The molecule has 0 radical (unpaired) electrons. The second-order valence-electron chi connectivity index (χ2n) is 4.79. The van der Waals surface area contributed by atoms with E-state index in [0.29, 0.717) is 0 Å². The normalized spacial score (nSPS) is 14.9. The fourth-order valence-corrected chi connectivity index (χ4v) is 1.99. The van der Waals surface area contributed by atoms with Gasteiger partial charge in [-0.1, -0.05) is 6.92 Å². The quantitative estimate of drug-likeness (QED) is 0.781. The van der Waals surface area contributed by atoms with Crippen LogP contribution in [0, 0.1) is 5.92 Å². The minimum atomic E-state index is 0.782. The van der Waals surface area contributed by atoms with Gasteiger partial charge in [-0.2, -0.15) is 0 Å². The Kier molecular flexibility index (Phi) is 4.31. The molecule has 0 amide bonds. The molecule has 0 unspecified atom stereocenters. The first-order valence-corrected chi connectivity index (χ1v) is 6.54. The smallest absolute Gasteiger partial charge is 0.147 e. The van der Waals surface area contributed by atoms with Gasteiger partial charge in [-0.05, 0) is 32.2 Å². The standard InChI is InChI=1S/C13H22N4/c1-3-6-17(10-11-4-5-11)13-9-15-8-12(16-13)7-14-2/h8-9,11,14H,3-7,10H2,1-2H3. The Balaban J connectivity index is 2.06.